The van der Waals surface area contributed by atoms with Crippen LogP contribution in [0.3, 0.4) is 0 Å². The Labute approximate surface area is 260 Å². The summed E-state index contributed by atoms with van der Waals surface area (Å²) in [6, 6.07) is 10.8. The predicted molar refractivity (Wildman–Crippen MR) is 151 cm³/mol. The standard InChI is InChI=1S/C28H17Cl2F6N3O5S/c1-39(45(42,43)18-5-3-17(4-6-18)44-28(34,35)36)13-14-8-16(29)10-21(25(14)40)24-11-19(22(12-37)26(41)38-24)20-9-15(27(31,32)33)2-7-23(20)30/h2-11,40H,13H2,1H3,(H,38,41). The topological polar surface area (TPSA) is 123 Å². The van der Waals surface area contributed by atoms with Crippen molar-refractivity contribution < 1.29 is 44.6 Å². The number of phenols is 1. The summed E-state index contributed by atoms with van der Waals surface area (Å²) < 4.78 is 108. The zero-order chi connectivity index (χ0) is 33.5. The van der Waals surface area contributed by atoms with Gasteiger partial charge in [-0.05, 0) is 60.7 Å². The lowest BCUT2D eigenvalue weighted by Gasteiger charge is -2.20. The van der Waals surface area contributed by atoms with Crippen molar-refractivity contribution >= 4 is 33.2 Å². The molecule has 0 spiro atoms. The molecule has 0 unspecified atom stereocenters. The number of nitriles is 1. The molecule has 8 nitrogen and oxygen atoms in total. The van der Waals surface area contributed by atoms with Crippen molar-refractivity contribution in [2.75, 3.05) is 7.05 Å². The van der Waals surface area contributed by atoms with Crippen LogP contribution < -0.4 is 10.3 Å². The number of rotatable bonds is 7. The minimum atomic E-state index is -4.99. The van der Waals surface area contributed by atoms with Crippen LogP contribution in [0.2, 0.25) is 10.0 Å². The van der Waals surface area contributed by atoms with Gasteiger partial charge in [-0.25, -0.2) is 8.42 Å². The first-order chi connectivity index (χ1) is 20.8. The molecule has 0 bridgehead atoms. The second-order valence-corrected chi connectivity index (χ2v) is 12.2. The Morgan fingerprint density at radius 1 is 0.956 bits per heavy atom. The number of phenolic OH excluding ortho intramolecular Hbond substituents is 1. The molecule has 45 heavy (non-hydrogen) atoms. The molecule has 0 saturated carbocycles. The molecule has 0 aliphatic heterocycles. The average Bonchev–Trinajstić information content (AvgIpc) is 2.93. The summed E-state index contributed by atoms with van der Waals surface area (Å²) in [5.41, 5.74) is -3.76. The first-order valence-electron chi connectivity index (χ1n) is 12.2. The van der Waals surface area contributed by atoms with Gasteiger partial charge in [0, 0.05) is 45.9 Å². The summed E-state index contributed by atoms with van der Waals surface area (Å²) in [6.45, 7) is -0.532. The number of nitrogens with one attached hydrogen (secondary N) is 1. The van der Waals surface area contributed by atoms with Gasteiger partial charge in [0.25, 0.3) is 5.56 Å². The fourth-order valence-corrected chi connectivity index (χ4v) is 5.84. The van der Waals surface area contributed by atoms with E-state index in [4.69, 9.17) is 23.2 Å². The third-order valence-electron chi connectivity index (χ3n) is 6.33. The Balaban J connectivity index is 1.76. The normalized spacial score (nSPS) is 12.3. The van der Waals surface area contributed by atoms with Crippen LogP contribution in [0.25, 0.3) is 22.4 Å². The maximum atomic E-state index is 13.4. The summed E-state index contributed by atoms with van der Waals surface area (Å²) >= 11 is 12.4. The van der Waals surface area contributed by atoms with Crippen LogP contribution in [0.1, 0.15) is 16.7 Å². The molecular weight excluding hydrogens is 675 g/mol. The maximum Gasteiger partial charge on any atom is 0.573 e. The second kappa shape index (κ2) is 12.3. The number of sulfonamides is 1. The van der Waals surface area contributed by atoms with Crippen molar-refractivity contribution in [1.29, 1.82) is 5.26 Å². The molecule has 236 valence electrons. The first-order valence-corrected chi connectivity index (χ1v) is 14.4. The van der Waals surface area contributed by atoms with E-state index < -0.39 is 62.2 Å². The molecule has 0 saturated heterocycles. The zero-order valence-electron chi connectivity index (χ0n) is 22.4. The molecule has 0 aliphatic rings. The van der Waals surface area contributed by atoms with Gasteiger partial charge >= 0.3 is 12.5 Å². The second-order valence-electron chi connectivity index (χ2n) is 9.35. The highest BCUT2D eigenvalue weighted by atomic mass is 35.5. The SMILES string of the molecule is CN(Cc1cc(Cl)cc(-c2cc(-c3cc(C(F)(F)F)ccc3Cl)c(C#N)c(=O)[nH]2)c1O)S(=O)(=O)c1ccc(OC(F)(F)F)cc1. The summed E-state index contributed by atoms with van der Waals surface area (Å²) in [5.74, 6) is -1.24. The molecule has 0 aliphatic carbocycles. The van der Waals surface area contributed by atoms with Crippen molar-refractivity contribution in [2.45, 2.75) is 24.0 Å². The molecule has 1 heterocycles. The predicted octanol–water partition coefficient (Wildman–Crippen LogP) is 7.33. The lowest BCUT2D eigenvalue weighted by Crippen LogP contribution is -2.26. The first kappa shape index (κ1) is 33.7. The average molecular weight is 692 g/mol. The Bertz CT molecular complexity index is 1990. The van der Waals surface area contributed by atoms with Gasteiger partial charge in [-0.15, -0.1) is 13.2 Å². The highest BCUT2D eigenvalue weighted by Crippen LogP contribution is 2.40. The fourth-order valence-electron chi connectivity index (χ4n) is 4.24. The van der Waals surface area contributed by atoms with Crippen molar-refractivity contribution in [1.82, 2.24) is 9.29 Å². The minimum Gasteiger partial charge on any atom is -0.507 e. The number of nitrogens with zero attached hydrogens (tertiary/aromatic N) is 2. The Morgan fingerprint density at radius 2 is 1.60 bits per heavy atom. The minimum absolute atomic E-state index is 0.0545. The molecular formula is C28H17Cl2F6N3O5S. The summed E-state index contributed by atoms with van der Waals surface area (Å²) in [6.07, 6.45) is -9.76. The highest BCUT2D eigenvalue weighted by molar-refractivity contribution is 7.89. The van der Waals surface area contributed by atoms with Gasteiger partial charge in [0.1, 0.15) is 23.1 Å². The van der Waals surface area contributed by atoms with E-state index in [-0.39, 0.29) is 38.0 Å². The molecule has 4 aromatic rings. The van der Waals surface area contributed by atoms with E-state index in [1.54, 1.807) is 6.07 Å². The number of pyridine rings is 1. The molecule has 0 atom stereocenters. The van der Waals surface area contributed by atoms with E-state index in [1.165, 1.54) is 12.1 Å². The van der Waals surface area contributed by atoms with E-state index in [0.717, 1.165) is 53.8 Å². The van der Waals surface area contributed by atoms with Gasteiger partial charge in [-0.2, -0.15) is 22.7 Å². The van der Waals surface area contributed by atoms with Crippen LogP contribution in [0.4, 0.5) is 26.3 Å². The number of hydrogen-bond donors (Lipinski definition) is 2. The van der Waals surface area contributed by atoms with Crippen molar-refractivity contribution in [3.05, 3.63) is 97.8 Å². The molecule has 0 radical (unpaired) electrons. The number of hydrogen-bond acceptors (Lipinski definition) is 6. The number of alkyl halides is 6. The number of halogens is 8. The smallest absolute Gasteiger partial charge is 0.507 e. The van der Waals surface area contributed by atoms with Crippen LogP contribution in [0, 0.1) is 11.3 Å². The molecule has 0 amide bonds. The summed E-state index contributed by atoms with van der Waals surface area (Å²) in [5, 5.41) is 20.4. The Morgan fingerprint density at radius 3 is 2.18 bits per heavy atom. The number of benzene rings is 3. The molecule has 0 fully saturated rings. The van der Waals surface area contributed by atoms with E-state index in [9.17, 15) is 49.9 Å². The van der Waals surface area contributed by atoms with Gasteiger partial charge in [0.2, 0.25) is 10.0 Å². The fraction of sp³-hybridized carbons (Fsp3) is 0.143. The largest absolute Gasteiger partial charge is 0.573 e. The van der Waals surface area contributed by atoms with Crippen LogP contribution in [0.15, 0.2) is 70.4 Å². The maximum absolute atomic E-state index is 13.4. The Hall–Kier alpha value is -4.23. The molecule has 2 N–H and O–H groups in total. The van der Waals surface area contributed by atoms with Crippen LogP contribution in [-0.4, -0.2) is 36.2 Å². The van der Waals surface area contributed by atoms with Gasteiger partial charge < -0.3 is 14.8 Å². The van der Waals surface area contributed by atoms with E-state index >= 15 is 0 Å². The van der Waals surface area contributed by atoms with E-state index in [2.05, 4.69) is 9.72 Å². The van der Waals surface area contributed by atoms with Crippen LogP contribution in [0.5, 0.6) is 11.5 Å². The number of H-pyrrole nitrogens is 1. The Kier molecular flexibility index (Phi) is 9.19. The van der Waals surface area contributed by atoms with Crippen LogP contribution >= 0.6 is 23.2 Å². The molecule has 17 heteroatoms. The quantitative estimate of drug-likeness (QED) is 0.196. The number of aromatic nitrogens is 1. The molecule has 3 aromatic carbocycles. The van der Waals surface area contributed by atoms with Gasteiger partial charge in [-0.1, -0.05) is 23.2 Å². The lowest BCUT2D eigenvalue weighted by atomic mass is 9.96. The van der Waals surface area contributed by atoms with E-state index in [1.807, 2.05) is 0 Å². The van der Waals surface area contributed by atoms with Crippen molar-refractivity contribution in [3.63, 3.8) is 0 Å². The van der Waals surface area contributed by atoms with Crippen molar-refractivity contribution in [2.24, 2.45) is 0 Å². The van der Waals surface area contributed by atoms with Gasteiger partial charge in [0.15, 0.2) is 0 Å². The molecule has 1 aromatic heterocycles. The van der Waals surface area contributed by atoms with Crippen molar-refractivity contribution in [3.8, 4) is 40.0 Å². The zero-order valence-corrected chi connectivity index (χ0v) is 24.7. The number of ether oxygens (including phenoxy) is 1. The van der Waals surface area contributed by atoms with Gasteiger partial charge in [0.05, 0.1) is 16.2 Å². The molecule has 4 rings (SSSR count). The lowest BCUT2D eigenvalue weighted by molar-refractivity contribution is -0.274. The third kappa shape index (κ3) is 7.36. The van der Waals surface area contributed by atoms with E-state index in [0.29, 0.717) is 6.07 Å². The monoisotopic (exact) mass is 691 g/mol. The highest BCUT2D eigenvalue weighted by Gasteiger charge is 2.33. The number of aromatic amines is 1. The third-order valence-corrected chi connectivity index (χ3v) is 8.70. The van der Waals surface area contributed by atoms with Gasteiger partial charge in [-0.3, -0.25) is 4.79 Å². The van der Waals surface area contributed by atoms with Crippen LogP contribution in [-0.2, 0) is 22.7 Å². The summed E-state index contributed by atoms with van der Waals surface area (Å²) in [4.78, 5) is 14.8. The number of aromatic hydroxyl groups is 1. The summed E-state index contributed by atoms with van der Waals surface area (Å²) in [7, 11) is -3.22.